The van der Waals surface area contributed by atoms with Crippen molar-refractivity contribution >= 4 is 27.3 Å². The normalized spacial score (nSPS) is 10.1. The molecule has 0 spiro atoms. The molecule has 104 valence electrons. The zero-order chi connectivity index (χ0) is 14.5. The first-order valence-corrected chi connectivity index (χ1v) is 6.71. The average molecular weight is 337 g/mol. The maximum absolute atomic E-state index is 11.1. The van der Waals surface area contributed by atoms with Gasteiger partial charge in [-0.3, -0.25) is 10.1 Å². The Morgan fingerprint density at radius 1 is 1.25 bits per heavy atom. The first-order valence-electron chi connectivity index (χ1n) is 5.91. The molecule has 0 unspecified atom stereocenters. The largest absolute Gasteiger partial charge is 0.497 e. The van der Waals surface area contributed by atoms with Crippen molar-refractivity contribution in [2.24, 2.45) is 0 Å². The van der Waals surface area contributed by atoms with Crippen molar-refractivity contribution in [3.8, 4) is 5.75 Å². The summed E-state index contributed by atoms with van der Waals surface area (Å²) >= 11 is 3.19. The van der Waals surface area contributed by atoms with Gasteiger partial charge >= 0.3 is 5.69 Å². The van der Waals surface area contributed by atoms with Gasteiger partial charge in [0.1, 0.15) is 11.4 Å². The van der Waals surface area contributed by atoms with Gasteiger partial charge in [0.25, 0.3) is 0 Å². The monoisotopic (exact) mass is 336 g/mol. The van der Waals surface area contributed by atoms with Crippen molar-refractivity contribution in [3.05, 3.63) is 62.6 Å². The number of benzene rings is 2. The van der Waals surface area contributed by atoms with E-state index in [-0.39, 0.29) is 5.69 Å². The predicted octanol–water partition coefficient (Wildman–Crippen LogP) is 3.98. The number of anilines is 1. The van der Waals surface area contributed by atoms with Crippen LogP contribution in [-0.4, -0.2) is 12.0 Å². The number of methoxy groups -OCH3 is 1. The van der Waals surface area contributed by atoms with Gasteiger partial charge < -0.3 is 10.1 Å². The average Bonchev–Trinajstić information content (AvgIpc) is 2.45. The highest BCUT2D eigenvalue weighted by molar-refractivity contribution is 9.10. The molecule has 20 heavy (non-hydrogen) atoms. The van der Waals surface area contributed by atoms with E-state index in [2.05, 4.69) is 21.2 Å². The van der Waals surface area contributed by atoms with E-state index in [9.17, 15) is 10.1 Å². The van der Waals surface area contributed by atoms with Crippen LogP contribution in [0.25, 0.3) is 0 Å². The molecule has 0 saturated heterocycles. The highest BCUT2D eigenvalue weighted by Gasteiger charge is 2.17. The van der Waals surface area contributed by atoms with Crippen LogP contribution in [0.1, 0.15) is 5.56 Å². The Labute approximate surface area is 124 Å². The van der Waals surface area contributed by atoms with Crippen molar-refractivity contribution < 1.29 is 9.66 Å². The highest BCUT2D eigenvalue weighted by Crippen LogP contribution is 2.32. The number of halogens is 1. The van der Waals surface area contributed by atoms with Crippen LogP contribution in [0, 0.1) is 10.1 Å². The summed E-state index contributed by atoms with van der Waals surface area (Å²) in [5.41, 5.74) is 1.54. The Hall–Kier alpha value is -2.08. The quantitative estimate of drug-likeness (QED) is 0.662. The number of hydrogen-bond donors (Lipinski definition) is 1. The first kappa shape index (κ1) is 14.3. The van der Waals surface area contributed by atoms with E-state index in [4.69, 9.17) is 4.74 Å². The first-order chi connectivity index (χ1) is 9.61. The van der Waals surface area contributed by atoms with Crippen molar-refractivity contribution in [1.29, 1.82) is 0 Å². The molecule has 2 rings (SSSR count). The van der Waals surface area contributed by atoms with Crippen LogP contribution in [0.15, 0.2) is 46.9 Å². The Kier molecular flexibility index (Phi) is 4.57. The van der Waals surface area contributed by atoms with Gasteiger partial charge in [-0.15, -0.1) is 0 Å². The molecule has 0 bridgehead atoms. The molecule has 0 aliphatic carbocycles. The lowest BCUT2D eigenvalue weighted by atomic mass is 10.2. The van der Waals surface area contributed by atoms with Gasteiger partial charge in [-0.1, -0.05) is 18.2 Å². The zero-order valence-corrected chi connectivity index (χ0v) is 12.4. The molecule has 0 amide bonds. The van der Waals surface area contributed by atoms with Crippen molar-refractivity contribution in [2.45, 2.75) is 6.54 Å². The summed E-state index contributed by atoms with van der Waals surface area (Å²) in [6, 6.07) is 12.6. The number of para-hydroxylation sites is 1. The van der Waals surface area contributed by atoms with E-state index in [0.717, 1.165) is 11.3 Å². The number of nitro benzene ring substituents is 1. The number of nitro groups is 1. The number of rotatable bonds is 5. The van der Waals surface area contributed by atoms with E-state index in [1.165, 1.54) is 0 Å². The number of nitrogens with one attached hydrogen (secondary N) is 1. The molecular weight excluding hydrogens is 324 g/mol. The molecule has 2 aromatic rings. The summed E-state index contributed by atoms with van der Waals surface area (Å²) in [6.07, 6.45) is 0. The maximum atomic E-state index is 11.1. The molecule has 2 aromatic carbocycles. The second kappa shape index (κ2) is 6.38. The molecule has 0 heterocycles. The second-order valence-corrected chi connectivity index (χ2v) is 4.95. The molecule has 0 fully saturated rings. The molecule has 0 aliphatic heterocycles. The van der Waals surface area contributed by atoms with E-state index in [0.29, 0.717) is 16.7 Å². The number of hydrogen-bond acceptors (Lipinski definition) is 4. The topological polar surface area (TPSA) is 64.4 Å². The van der Waals surface area contributed by atoms with Gasteiger partial charge in [-0.25, -0.2) is 0 Å². The predicted molar refractivity (Wildman–Crippen MR) is 81.1 cm³/mol. The zero-order valence-electron chi connectivity index (χ0n) is 10.8. The van der Waals surface area contributed by atoms with Gasteiger partial charge in [-0.05, 0) is 45.8 Å². The van der Waals surface area contributed by atoms with Crippen LogP contribution in [0.5, 0.6) is 5.75 Å². The fourth-order valence-electron chi connectivity index (χ4n) is 1.78. The molecule has 1 N–H and O–H groups in total. The van der Waals surface area contributed by atoms with Crippen molar-refractivity contribution in [3.63, 3.8) is 0 Å². The van der Waals surface area contributed by atoms with Crippen LogP contribution in [0.4, 0.5) is 11.4 Å². The highest BCUT2D eigenvalue weighted by atomic mass is 79.9. The number of nitrogens with zero attached hydrogens (tertiary/aromatic N) is 1. The van der Waals surface area contributed by atoms with E-state index < -0.39 is 4.92 Å². The molecule has 0 saturated carbocycles. The molecule has 0 atom stereocenters. The van der Waals surface area contributed by atoms with Crippen molar-refractivity contribution in [2.75, 3.05) is 12.4 Å². The molecule has 0 radical (unpaired) electrons. The molecule has 6 heteroatoms. The summed E-state index contributed by atoms with van der Waals surface area (Å²) in [6.45, 7) is 0.501. The minimum absolute atomic E-state index is 0.0426. The summed E-state index contributed by atoms with van der Waals surface area (Å²) in [5, 5.41) is 14.1. The van der Waals surface area contributed by atoms with Gasteiger partial charge in [0.15, 0.2) is 0 Å². The maximum Gasteiger partial charge on any atom is 0.306 e. The lowest BCUT2D eigenvalue weighted by Crippen LogP contribution is -2.03. The standard InChI is InChI=1S/C14H13BrN2O3/c1-20-11-7-5-10(6-8-11)9-16-13-4-2-3-12(15)14(13)17(18)19/h2-8,16H,9H2,1H3. The fraction of sp³-hybridized carbons (Fsp3) is 0.143. The van der Waals surface area contributed by atoms with Crippen LogP contribution in [0.2, 0.25) is 0 Å². The lowest BCUT2D eigenvalue weighted by molar-refractivity contribution is -0.384. The van der Waals surface area contributed by atoms with E-state index in [1.54, 1.807) is 25.3 Å². The Bertz CT molecular complexity index is 614. The third-order valence-electron chi connectivity index (χ3n) is 2.81. The Morgan fingerprint density at radius 2 is 1.95 bits per heavy atom. The SMILES string of the molecule is COc1ccc(CNc2cccc(Br)c2[N+](=O)[O-])cc1. The Morgan fingerprint density at radius 3 is 2.55 bits per heavy atom. The Balaban J connectivity index is 2.14. The molecule has 0 aliphatic rings. The van der Waals surface area contributed by atoms with Gasteiger partial charge in [0.05, 0.1) is 16.5 Å². The van der Waals surface area contributed by atoms with E-state index >= 15 is 0 Å². The smallest absolute Gasteiger partial charge is 0.306 e. The van der Waals surface area contributed by atoms with E-state index in [1.807, 2.05) is 24.3 Å². The molecule has 0 aromatic heterocycles. The van der Waals surface area contributed by atoms with Crippen LogP contribution >= 0.6 is 15.9 Å². The van der Waals surface area contributed by atoms with Gasteiger partial charge in [0, 0.05) is 6.54 Å². The second-order valence-electron chi connectivity index (χ2n) is 4.09. The number of ether oxygens (including phenoxy) is 1. The molecule has 5 nitrogen and oxygen atoms in total. The third-order valence-corrected chi connectivity index (χ3v) is 3.45. The minimum atomic E-state index is -0.402. The minimum Gasteiger partial charge on any atom is -0.497 e. The fourth-order valence-corrected chi connectivity index (χ4v) is 2.30. The molecular formula is C14H13BrN2O3. The third kappa shape index (κ3) is 3.27. The van der Waals surface area contributed by atoms with Gasteiger partial charge in [0.2, 0.25) is 0 Å². The van der Waals surface area contributed by atoms with Crippen LogP contribution in [-0.2, 0) is 6.54 Å². The van der Waals surface area contributed by atoms with Crippen molar-refractivity contribution in [1.82, 2.24) is 0 Å². The van der Waals surface area contributed by atoms with Crippen LogP contribution < -0.4 is 10.1 Å². The van der Waals surface area contributed by atoms with Crippen LogP contribution in [0.3, 0.4) is 0 Å². The van der Waals surface area contributed by atoms with Gasteiger partial charge in [-0.2, -0.15) is 0 Å². The summed E-state index contributed by atoms with van der Waals surface area (Å²) in [5.74, 6) is 0.780. The summed E-state index contributed by atoms with van der Waals surface area (Å²) < 4.78 is 5.54. The lowest BCUT2D eigenvalue weighted by Gasteiger charge is -2.08. The summed E-state index contributed by atoms with van der Waals surface area (Å²) in [4.78, 5) is 10.7. The summed E-state index contributed by atoms with van der Waals surface area (Å²) in [7, 11) is 1.61.